The van der Waals surface area contributed by atoms with Crippen molar-refractivity contribution >= 4 is 22.7 Å². The number of benzene rings is 4. The van der Waals surface area contributed by atoms with Crippen LogP contribution in [0.2, 0.25) is 0 Å². The summed E-state index contributed by atoms with van der Waals surface area (Å²) in [6.45, 7) is 0. The number of thiol groups is 1. The van der Waals surface area contributed by atoms with Gasteiger partial charge in [0.2, 0.25) is 5.82 Å². The fourth-order valence-electron chi connectivity index (χ4n) is 3.14. The lowest BCUT2D eigenvalue weighted by atomic mass is 9.94. The van der Waals surface area contributed by atoms with Gasteiger partial charge >= 0.3 is 10.1 Å². The van der Waals surface area contributed by atoms with Crippen LogP contribution >= 0.6 is 12.6 Å². The third-order valence-electron chi connectivity index (χ3n) is 4.76. The predicted octanol–water partition coefficient (Wildman–Crippen LogP) is 7.22. The first-order valence-electron chi connectivity index (χ1n) is 9.65. The van der Waals surface area contributed by atoms with Crippen molar-refractivity contribution in [1.29, 1.82) is 0 Å². The van der Waals surface area contributed by atoms with E-state index in [1.165, 1.54) is 24.3 Å². The molecule has 0 aliphatic carbocycles. The van der Waals surface area contributed by atoms with E-state index in [1.807, 2.05) is 18.2 Å². The van der Waals surface area contributed by atoms with E-state index in [4.69, 9.17) is 4.55 Å². The van der Waals surface area contributed by atoms with Crippen molar-refractivity contribution in [1.82, 2.24) is 0 Å². The van der Waals surface area contributed by atoms with Gasteiger partial charge in [-0.3, -0.25) is 4.55 Å². The Morgan fingerprint density at radius 2 is 1.00 bits per heavy atom. The van der Waals surface area contributed by atoms with Gasteiger partial charge in [-0.15, -0.1) is 12.6 Å². The Balaban J connectivity index is 0.000000214. The highest BCUT2D eigenvalue weighted by molar-refractivity contribution is 7.85. The fourth-order valence-corrected chi connectivity index (χ4v) is 4.11. The van der Waals surface area contributed by atoms with Crippen molar-refractivity contribution in [2.24, 2.45) is 0 Å². The number of halogens is 7. The highest BCUT2D eigenvalue weighted by atomic mass is 32.2. The van der Waals surface area contributed by atoms with Gasteiger partial charge in [0.1, 0.15) is 11.6 Å². The van der Waals surface area contributed by atoms with Crippen molar-refractivity contribution in [2.45, 2.75) is 9.79 Å². The lowest BCUT2D eigenvalue weighted by molar-refractivity contribution is 0.352. The molecule has 0 atom stereocenters. The summed E-state index contributed by atoms with van der Waals surface area (Å²) < 4.78 is 118. The molecule has 0 bridgehead atoms. The van der Waals surface area contributed by atoms with E-state index >= 15 is 0 Å². The zero-order valence-electron chi connectivity index (χ0n) is 17.6. The molecule has 1 N–H and O–H groups in total. The third kappa shape index (κ3) is 5.72. The minimum Gasteiger partial charge on any atom is -0.282 e. The van der Waals surface area contributed by atoms with Crippen LogP contribution in [-0.4, -0.2) is 13.0 Å². The summed E-state index contributed by atoms with van der Waals surface area (Å²) in [5.74, 6) is -13.1. The van der Waals surface area contributed by atoms with Gasteiger partial charge in [0.05, 0.1) is 0 Å². The summed E-state index contributed by atoms with van der Waals surface area (Å²) in [6, 6.07) is 18.3. The van der Waals surface area contributed by atoms with Crippen molar-refractivity contribution in [3.8, 4) is 22.3 Å². The van der Waals surface area contributed by atoms with Crippen molar-refractivity contribution in [2.75, 3.05) is 0 Å². The standard InChI is InChI=1S/C18H12F2S.C6HF5O3S/c19-14-8-4-12(5-9-14)16-2-1-3-17(21)18(16)13-6-10-15(20)11-7-13;7-1-2(8)4(10)6(15(12,13)14)5(11)3(1)9/h1-11,21H;(H,12,13,14). The fraction of sp³-hybridized carbons (Fsp3) is 0. The minimum absolute atomic E-state index is 0.274. The molecule has 3 nitrogen and oxygen atoms in total. The van der Waals surface area contributed by atoms with Gasteiger partial charge < -0.3 is 0 Å². The van der Waals surface area contributed by atoms with Crippen molar-refractivity contribution in [3.05, 3.63) is 107 Å². The zero-order valence-corrected chi connectivity index (χ0v) is 19.3. The van der Waals surface area contributed by atoms with E-state index < -0.39 is 44.1 Å². The van der Waals surface area contributed by atoms with E-state index in [1.54, 1.807) is 24.3 Å². The molecule has 0 heterocycles. The molecule has 0 amide bonds. The second-order valence-corrected chi connectivity index (χ2v) is 8.93. The van der Waals surface area contributed by atoms with Crippen LogP contribution in [0.3, 0.4) is 0 Å². The summed E-state index contributed by atoms with van der Waals surface area (Å²) in [7, 11) is -5.52. The van der Waals surface area contributed by atoms with Crippen LogP contribution in [0.1, 0.15) is 0 Å². The SMILES string of the molecule is Fc1ccc(-c2cccc(S)c2-c2ccc(F)cc2)cc1.O=S(=O)(O)c1c(F)c(F)c(F)c(F)c1F. The molecule has 4 rings (SSSR count). The molecule has 4 aromatic rings. The molecule has 36 heavy (non-hydrogen) atoms. The van der Waals surface area contributed by atoms with E-state index in [0.717, 1.165) is 27.1 Å². The molecular weight excluding hydrogens is 533 g/mol. The Bertz CT molecular complexity index is 1490. The minimum atomic E-state index is -5.52. The molecule has 0 radical (unpaired) electrons. The number of hydrogen-bond donors (Lipinski definition) is 2. The summed E-state index contributed by atoms with van der Waals surface area (Å²) in [5, 5.41) is 0. The maximum Gasteiger partial charge on any atom is 0.300 e. The van der Waals surface area contributed by atoms with E-state index in [-0.39, 0.29) is 11.6 Å². The van der Waals surface area contributed by atoms with Crippen LogP contribution < -0.4 is 0 Å². The smallest absolute Gasteiger partial charge is 0.282 e. The average molecular weight is 546 g/mol. The molecule has 0 unspecified atom stereocenters. The van der Waals surface area contributed by atoms with Crippen molar-refractivity contribution in [3.63, 3.8) is 0 Å². The van der Waals surface area contributed by atoms with Crippen LogP contribution in [0.15, 0.2) is 76.5 Å². The summed E-state index contributed by atoms with van der Waals surface area (Å²) in [5.41, 5.74) is 3.62. The lowest BCUT2D eigenvalue weighted by Gasteiger charge is -2.13. The predicted molar refractivity (Wildman–Crippen MR) is 121 cm³/mol. The maximum absolute atomic E-state index is 13.1. The van der Waals surface area contributed by atoms with Gasteiger partial charge in [-0.25, -0.2) is 30.7 Å². The number of hydrogen-bond acceptors (Lipinski definition) is 3. The first-order chi connectivity index (χ1) is 16.8. The third-order valence-corrected chi connectivity index (χ3v) is 6.01. The zero-order chi connectivity index (χ0) is 26.8. The molecule has 0 aliphatic rings. The molecule has 0 aliphatic heterocycles. The van der Waals surface area contributed by atoms with E-state index in [2.05, 4.69) is 12.6 Å². The molecule has 4 aromatic carbocycles. The van der Waals surface area contributed by atoms with Crippen LogP contribution in [0.4, 0.5) is 30.7 Å². The first kappa shape index (κ1) is 27.2. The normalized spacial score (nSPS) is 11.1. The molecule has 12 heteroatoms. The Kier molecular flexibility index (Phi) is 8.12. The molecule has 188 valence electrons. The van der Waals surface area contributed by atoms with Crippen LogP contribution in [0, 0.1) is 40.7 Å². The molecular formula is C24H13F7O3S2. The van der Waals surface area contributed by atoms with Gasteiger partial charge in [0.15, 0.2) is 28.2 Å². The second-order valence-electron chi connectivity index (χ2n) is 7.09. The van der Waals surface area contributed by atoms with Gasteiger partial charge in [-0.1, -0.05) is 36.4 Å². The molecule has 0 saturated heterocycles. The highest BCUT2D eigenvalue weighted by Crippen LogP contribution is 2.36. The van der Waals surface area contributed by atoms with Gasteiger partial charge in [0.25, 0.3) is 0 Å². The average Bonchev–Trinajstić information content (AvgIpc) is 2.82. The van der Waals surface area contributed by atoms with Gasteiger partial charge in [-0.05, 0) is 47.0 Å². The molecule has 0 spiro atoms. The molecule has 0 saturated carbocycles. The van der Waals surface area contributed by atoms with Gasteiger partial charge in [-0.2, -0.15) is 8.42 Å². The van der Waals surface area contributed by atoms with Crippen LogP contribution in [-0.2, 0) is 10.1 Å². The lowest BCUT2D eigenvalue weighted by Crippen LogP contribution is -2.11. The Morgan fingerprint density at radius 3 is 1.44 bits per heavy atom. The Labute approximate surface area is 206 Å². The quantitative estimate of drug-likeness (QED) is 0.0939. The van der Waals surface area contributed by atoms with Gasteiger partial charge in [0, 0.05) is 10.5 Å². The summed E-state index contributed by atoms with van der Waals surface area (Å²) in [6.07, 6.45) is 0. The van der Waals surface area contributed by atoms with E-state index in [0.29, 0.717) is 0 Å². The summed E-state index contributed by atoms with van der Waals surface area (Å²) in [4.78, 5) is -1.47. The molecule has 0 aromatic heterocycles. The van der Waals surface area contributed by atoms with Crippen LogP contribution in [0.25, 0.3) is 22.3 Å². The molecule has 0 fully saturated rings. The summed E-state index contributed by atoms with van der Waals surface area (Å²) >= 11 is 4.51. The highest BCUT2D eigenvalue weighted by Gasteiger charge is 2.32. The Morgan fingerprint density at radius 1 is 0.583 bits per heavy atom. The first-order valence-corrected chi connectivity index (χ1v) is 11.5. The topological polar surface area (TPSA) is 54.4 Å². The van der Waals surface area contributed by atoms with Crippen LogP contribution in [0.5, 0.6) is 0 Å². The Hall–Kier alpha value is -3.35. The van der Waals surface area contributed by atoms with E-state index in [9.17, 15) is 39.2 Å². The number of rotatable bonds is 3. The van der Waals surface area contributed by atoms with Crippen molar-refractivity contribution < 1.29 is 43.7 Å². The monoisotopic (exact) mass is 546 g/mol. The second kappa shape index (κ2) is 10.7. The largest absolute Gasteiger partial charge is 0.300 e. The maximum atomic E-state index is 13.1.